The Morgan fingerprint density at radius 2 is 0.970 bits per heavy atom. The van der Waals surface area contributed by atoms with Crippen molar-refractivity contribution < 1.29 is 4.74 Å². The van der Waals surface area contributed by atoms with E-state index < -0.39 is 0 Å². The van der Waals surface area contributed by atoms with Crippen molar-refractivity contribution in [2.75, 3.05) is 0 Å². The van der Waals surface area contributed by atoms with Gasteiger partial charge in [0, 0.05) is 0 Å². The minimum atomic E-state index is 0.191. The number of rotatable bonds is 14. The Morgan fingerprint density at radius 3 is 1.30 bits per heavy atom. The van der Waals surface area contributed by atoms with Crippen molar-refractivity contribution in [3.63, 3.8) is 0 Å². The molecule has 33 heavy (non-hydrogen) atoms. The fraction of sp³-hybridized carbons (Fsp3) is 0.625. The molecule has 0 aromatic heterocycles. The predicted octanol–water partition coefficient (Wildman–Crippen LogP) is 10.3. The number of aryl methyl sites for hydroxylation is 2. The third-order valence-corrected chi connectivity index (χ3v) is 7.77. The molecule has 0 N–H and O–H groups in total. The van der Waals surface area contributed by atoms with Gasteiger partial charge in [0.15, 0.2) is 0 Å². The second kappa shape index (κ2) is 12.6. The Balaban J connectivity index is 2.43. The molecule has 2 aromatic rings. The van der Waals surface area contributed by atoms with Gasteiger partial charge in [0.05, 0.1) is 0 Å². The summed E-state index contributed by atoms with van der Waals surface area (Å²) in [5.74, 6) is 2.09. The highest BCUT2D eigenvalue weighted by Crippen LogP contribution is 2.37. The summed E-state index contributed by atoms with van der Waals surface area (Å²) >= 11 is 0. The van der Waals surface area contributed by atoms with Crippen molar-refractivity contribution in [1.29, 1.82) is 0 Å². The lowest BCUT2D eigenvalue weighted by Gasteiger charge is -2.26. The highest BCUT2D eigenvalue weighted by molar-refractivity contribution is 5.46. The van der Waals surface area contributed by atoms with Crippen LogP contribution in [0.5, 0.6) is 11.5 Å². The molecular weight excluding hydrogens is 400 g/mol. The SMILES string of the molecule is CCCCCc1cc(C(C)(C)CC)ccc1Oc1ccc(C(C)(C)CC)cc1CCCCC. The van der Waals surface area contributed by atoms with E-state index in [0.717, 1.165) is 37.2 Å². The molecule has 0 radical (unpaired) electrons. The van der Waals surface area contributed by atoms with Gasteiger partial charge in [0.2, 0.25) is 0 Å². The third kappa shape index (κ3) is 7.62. The van der Waals surface area contributed by atoms with Crippen molar-refractivity contribution in [2.45, 2.75) is 130 Å². The maximum absolute atomic E-state index is 6.70. The smallest absolute Gasteiger partial charge is 0.130 e. The molecule has 0 aliphatic rings. The quantitative estimate of drug-likeness (QED) is 0.260. The molecule has 0 fully saturated rings. The lowest BCUT2D eigenvalue weighted by molar-refractivity contribution is 0.460. The zero-order valence-corrected chi connectivity index (χ0v) is 22.9. The lowest BCUT2D eigenvalue weighted by Crippen LogP contribution is -2.16. The average Bonchev–Trinajstić information content (AvgIpc) is 2.81. The maximum atomic E-state index is 6.70. The second-order valence-electron chi connectivity index (χ2n) is 11.1. The summed E-state index contributed by atoms with van der Waals surface area (Å²) in [7, 11) is 0. The van der Waals surface area contributed by atoms with Crippen molar-refractivity contribution in [2.24, 2.45) is 0 Å². The summed E-state index contributed by atoms with van der Waals surface area (Å²) < 4.78 is 6.70. The van der Waals surface area contributed by atoms with Crippen LogP contribution in [0.2, 0.25) is 0 Å². The van der Waals surface area contributed by atoms with Crippen LogP contribution in [0.25, 0.3) is 0 Å². The van der Waals surface area contributed by atoms with Crippen LogP contribution >= 0.6 is 0 Å². The topological polar surface area (TPSA) is 9.23 Å². The Labute approximate surface area is 205 Å². The van der Waals surface area contributed by atoms with E-state index in [9.17, 15) is 0 Å². The van der Waals surface area contributed by atoms with Gasteiger partial charge in [-0.1, -0.05) is 105 Å². The van der Waals surface area contributed by atoms with Crippen molar-refractivity contribution in [3.05, 3.63) is 58.7 Å². The van der Waals surface area contributed by atoms with Crippen LogP contribution in [-0.2, 0) is 23.7 Å². The van der Waals surface area contributed by atoms with Crippen LogP contribution in [0.15, 0.2) is 36.4 Å². The number of hydrogen-bond donors (Lipinski definition) is 0. The number of ether oxygens (including phenoxy) is 1. The van der Waals surface area contributed by atoms with Crippen molar-refractivity contribution in [1.82, 2.24) is 0 Å². The van der Waals surface area contributed by atoms with Gasteiger partial charge in [-0.05, 0) is 83.7 Å². The molecule has 0 spiro atoms. The monoisotopic (exact) mass is 450 g/mol. The molecule has 1 heteroatoms. The van der Waals surface area contributed by atoms with Crippen LogP contribution in [0, 0.1) is 0 Å². The Morgan fingerprint density at radius 1 is 0.576 bits per heavy atom. The highest BCUT2D eigenvalue weighted by Gasteiger charge is 2.22. The van der Waals surface area contributed by atoms with Gasteiger partial charge >= 0.3 is 0 Å². The zero-order valence-electron chi connectivity index (χ0n) is 22.9. The molecule has 0 amide bonds. The largest absolute Gasteiger partial charge is 0.457 e. The van der Waals surface area contributed by atoms with E-state index in [1.165, 1.54) is 60.8 Å². The third-order valence-electron chi connectivity index (χ3n) is 7.77. The van der Waals surface area contributed by atoms with E-state index >= 15 is 0 Å². The van der Waals surface area contributed by atoms with Crippen molar-refractivity contribution in [3.8, 4) is 11.5 Å². The molecule has 0 aliphatic carbocycles. The van der Waals surface area contributed by atoms with Crippen LogP contribution < -0.4 is 4.74 Å². The van der Waals surface area contributed by atoms with E-state index in [0.29, 0.717) is 0 Å². The van der Waals surface area contributed by atoms with Gasteiger partial charge in [-0.3, -0.25) is 0 Å². The van der Waals surface area contributed by atoms with Gasteiger partial charge in [0.1, 0.15) is 11.5 Å². The van der Waals surface area contributed by atoms with E-state index in [-0.39, 0.29) is 10.8 Å². The van der Waals surface area contributed by atoms with Crippen LogP contribution in [-0.4, -0.2) is 0 Å². The van der Waals surface area contributed by atoms with Gasteiger partial charge in [0.25, 0.3) is 0 Å². The minimum Gasteiger partial charge on any atom is -0.457 e. The number of benzene rings is 2. The van der Waals surface area contributed by atoms with Crippen LogP contribution in [0.4, 0.5) is 0 Å². The van der Waals surface area contributed by atoms with E-state index in [1.807, 2.05) is 0 Å². The standard InChI is InChI=1S/C32H50O/c1-9-13-15-17-25-23-27(31(5,6)11-3)19-21-29(25)33-30-22-20-28(32(7,8)12-4)24-26(30)18-16-14-10-2/h19-24H,9-18H2,1-8H3. The van der Waals surface area contributed by atoms with Gasteiger partial charge < -0.3 is 4.74 Å². The van der Waals surface area contributed by atoms with Crippen molar-refractivity contribution >= 4 is 0 Å². The predicted molar refractivity (Wildman–Crippen MR) is 146 cm³/mol. The van der Waals surface area contributed by atoms with Gasteiger partial charge in [-0.15, -0.1) is 0 Å². The molecule has 0 aliphatic heterocycles. The Hall–Kier alpha value is -1.76. The Bertz CT molecular complexity index is 787. The zero-order chi connectivity index (χ0) is 24.5. The van der Waals surface area contributed by atoms with E-state index in [2.05, 4.69) is 91.8 Å². The molecule has 0 atom stereocenters. The molecule has 2 aromatic carbocycles. The normalized spacial score (nSPS) is 12.2. The first-order chi connectivity index (χ1) is 15.7. The summed E-state index contributed by atoms with van der Waals surface area (Å²) in [5.41, 5.74) is 5.95. The molecular formula is C32H50O. The summed E-state index contributed by atoms with van der Waals surface area (Å²) in [4.78, 5) is 0. The van der Waals surface area contributed by atoms with Crippen LogP contribution in [0.3, 0.4) is 0 Å². The fourth-order valence-corrected chi connectivity index (χ4v) is 4.25. The summed E-state index contributed by atoms with van der Waals surface area (Å²) in [6, 6.07) is 13.9. The highest BCUT2D eigenvalue weighted by atomic mass is 16.5. The molecule has 0 saturated heterocycles. The number of unbranched alkanes of at least 4 members (excludes halogenated alkanes) is 4. The average molecular weight is 451 g/mol. The first-order valence-corrected chi connectivity index (χ1v) is 13.6. The summed E-state index contributed by atoms with van der Waals surface area (Å²) in [6.07, 6.45) is 11.9. The minimum absolute atomic E-state index is 0.191. The lowest BCUT2D eigenvalue weighted by atomic mass is 9.81. The van der Waals surface area contributed by atoms with E-state index in [1.54, 1.807) is 0 Å². The second-order valence-corrected chi connectivity index (χ2v) is 11.1. The first kappa shape index (κ1) is 27.5. The molecule has 0 unspecified atom stereocenters. The summed E-state index contributed by atoms with van der Waals surface area (Å²) in [5, 5.41) is 0. The molecule has 184 valence electrons. The Kier molecular flexibility index (Phi) is 10.5. The molecule has 2 rings (SSSR count). The molecule has 0 heterocycles. The summed E-state index contributed by atoms with van der Waals surface area (Å²) in [6.45, 7) is 18.5. The molecule has 0 bridgehead atoms. The van der Waals surface area contributed by atoms with E-state index in [4.69, 9.17) is 4.74 Å². The maximum Gasteiger partial charge on any atom is 0.130 e. The van der Waals surface area contributed by atoms with Crippen LogP contribution in [0.1, 0.15) is 129 Å². The first-order valence-electron chi connectivity index (χ1n) is 13.6. The van der Waals surface area contributed by atoms with Gasteiger partial charge in [-0.25, -0.2) is 0 Å². The molecule has 0 saturated carbocycles. The molecule has 1 nitrogen and oxygen atoms in total. The van der Waals surface area contributed by atoms with Gasteiger partial charge in [-0.2, -0.15) is 0 Å². The number of hydrogen-bond acceptors (Lipinski definition) is 1. The fourth-order valence-electron chi connectivity index (χ4n) is 4.25.